The van der Waals surface area contributed by atoms with Gasteiger partial charge in [0.2, 0.25) is 0 Å². The third-order valence-corrected chi connectivity index (χ3v) is 2.62. The molecule has 0 amide bonds. The number of nitrogens with zero attached hydrogens (tertiary/aromatic N) is 2. The van der Waals surface area contributed by atoms with Crippen LogP contribution in [0.25, 0.3) is 0 Å². The van der Waals surface area contributed by atoms with Crippen molar-refractivity contribution in [1.82, 2.24) is 10.3 Å². The lowest BCUT2D eigenvalue weighted by Crippen LogP contribution is -2.21. The Balaban J connectivity index is 2.52. The molecular weight excluding hydrogens is 198 g/mol. The monoisotopic (exact) mass is 221 g/mol. The highest BCUT2D eigenvalue weighted by Crippen LogP contribution is 2.11. The second kappa shape index (κ2) is 6.48. The molecule has 0 unspecified atom stereocenters. The SMILES string of the molecule is CNCc1ccc(N(C)CCC(C)C)nc1. The first-order valence-electron chi connectivity index (χ1n) is 5.94. The maximum absolute atomic E-state index is 4.46. The molecule has 0 bridgehead atoms. The van der Waals surface area contributed by atoms with Gasteiger partial charge in [0, 0.05) is 26.3 Å². The molecule has 0 saturated heterocycles. The molecule has 0 spiro atoms. The lowest BCUT2D eigenvalue weighted by atomic mass is 10.1. The van der Waals surface area contributed by atoms with Gasteiger partial charge in [0.25, 0.3) is 0 Å². The summed E-state index contributed by atoms with van der Waals surface area (Å²) in [7, 11) is 4.05. The fraction of sp³-hybridized carbons (Fsp3) is 0.615. The van der Waals surface area contributed by atoms with Crippen LogP contribution in [0.5, 0.6) is 0 Å². The normalized spacial score (nSPS) is 10.8. The van der Waals surface area contributed by atoms with Crippen LogP contribution >= 0.6 is 0 Å². The fourth-order valence-electron chi connectivity index (χ4n) is 1.52. The van der Waals surface area contributed by atoms with Crippen LogP contribution in [0.2, 0.25) is 0 Å². The van der Waals surface area contributed by atoms with Gasteiger partial charge in [-0.1, -0.05) is 19.9 Å². The van der Waals surface area contributed by atoms with Gasteiger partial charge in [-0.2, -0.15) is 0 Å². The van der Waals surface area contributed by atoms with Gasteiger partial charge in [-0.15, -0.1) is 0 Å². The van der Waals surface area contributed by atoms with Crippen LogP contribution in [0.3, 0.4) is 0 Å². The first-order valence-corrected chi connectivity index (χ1v) is 5.94. The Labute approximate surface area is 98.9 Å². The Morgan fingerprint density at radius 1 is 1.38 bits per heavy atom. The van der Waals surface area contributed by atoms with Crippen molar-refractivity contribution in [2.75, 3.05) is 25.5 Å². The average Bonchev–Trinajstić information content (AvgIpc) is 2.27. The van der Waals surface area contributed by atoms with Crippen molar-refractivity contribution in [3.8, 4) is 0 Å². The van der Waals surface area contributed by atoms with Crippen LogP contribution in [0.15, 0.2) is 18.3 Å². The van der Waals surface area contributed by atoms with Crippen LogP contribution in [0.4, 0.5) is 5.82 Å². The zero-order chi connectivity index (χ0) is 12.0. The molecule has 1 heterocycles. The summed E-state index contributed by atoms with van der Waals surface area (Å²) in [6.45, 7) is 6.44. The molecule has 0 radical (unpaired) electrons. The van der Waals surface area contributed by atoms with Crippen LogP contribution in [0, 0.1) is 5.92 Å². The summed E-state index contributed by atoms with van der Waals surface area (Å²) < 4.78 is 0. The van der Waals surface area contributed by atoms with E-state index in [0.717, 1.165) is 24.8 Å². The Bertz CT molecular complexity index is 293. The lowest BCUT2D eigenvalue weighted by molar-refractivity contribution is 0.583. The fourth-order valence-corrected chi connectivity index (χ4v) is 1.52. The quantitative estimate of drug-likeness (QED) is 0.799. The molecule has 1 aromatic heterocycles. The van der Waals surface area contributed by atoms with Gasteiger partial charge >= 0.3 is 0 Å². The summed E-state index contributed by atoms with van der Waals surface area (Å²) in [5, 5.41) is 3.12. The van der Waals surface area contributed by atoms with E-state index in [4.69, 9.17) is 0 Å². The van der Waals surface area contributed by atoms with Crippen molar-refractivity contribution in [3.63, 3.8) is 0 Å². The largest absolute Gasteiger partial charge is 0.360 e. The highest BCUT2D eigenvalue weighted by Gasteiger charge is 2.03. The lowest BCUT2D eigenvalue weighted by Gasteiger charge is -2.19. The Hall–Kier alpha value is -1.09. The third-order valence-electron chi connectivity index (χ3n) is 2.62. The number of anilines is 1. The molecule has 3 heteroatoms. The topological polar surface area (TPSA) is 28.2 Å². The van der Waals surface area contributed by atoms with Gasteiger partial charge in [-0.05, 0) is 31.0 Å². The smallest absolute Gasteiger partial charge is 0.128 e. The molecule has 0 aliphatic carbocycles. The zero-order valence-electron chi connectivity index (χ0n) is 10.8. The van der Waals surface area contributed by atoms with Crippen LogP contribution in [-0.2, 0) is 6.54 Å². The van der Waals surface area contributed by atoms with Gasteiger partial charge < -0.3 is 10.2 Å². The summed E-state index contributed by atoms with van der Waals surface area (Å²) in [6, 6.07) is 4.22. The van der Waals surface area contributed by atoms with Crippen molar-refractivity contribution in [2.45, 2.75) is 26.8 Å². The second-order valence-corrected chi connectivity index (χ2v) is 4.66. The summed E-state index contributed by atoms with van der Waals surface area (Å²) in [5.41, 5.74) is 1.23. The molecule has 1 aromatic rings. The zero-order valence-corrected chi connectivity index (χ0v) is 10.8. The van der Waals surface area contributed by atoms with E-state index in [2.05, 4.69) is 48.2 Å². The molecule has 3 nitrogen and oxygen atoms in total. The first kappa shape index (κ1) is 13.0. The van der Waals surface area contributed by atoms with Crippen molar-refractivity contribution in [1.29, 1.82) is 0 Å². The molecule has 0 aliphatic heterocycles. The number of hydrogen-bond acceptors (Lipinski definition) is 3. The summed E-state index contributed by atoms with van der Waals surface area (Å²) in [5.74, 6) is 1.80. The van der Waals surface area contributed by atoms with Crippen molar-refractivity contribution >= 4 is 5.82 Å². The molecule has 90 valence electrons. The molecule has 0 saturated carbocycles. The second-order valence-electron chi connectivity index (χ2n) is 4.66. The Morgan fingerprint density at radius 3 is 2.62 bits per heavy atom. The number of hydrogen-bond donors (Lipinski definition) is 1. The minimum Gasteiger partial charge on any atom is -0.360 e. The molecule has 1 rings (SSSR count). The van der Waals surface area contributed by atoms with Crippen LogP contribution in [0.1, 0.15) is 25.8 Å². The van der Waals surface area contributed by atoms with E-state index in [9.17, 15) is 0 Å². The van der Waals surface area contributed by atoms with Gasteiger partial charge in [0.1, 0.15) is 5.82 Å². The van der Waals surface area contributed by atoms with Gasteiger partial charge in [0.05, 0.1) is 0 Å². The highest BCUT2D eigenvalue weighted by atomic mass is 15.2. The average molecular weight is 221 g/mol. The van der Waals surface area contributed by atoms with E-state index in [-0.39, 0.29) is 0 Å². The molecule has 0 aromatic carbocycles. The molecular formula is C13H23N3. The van der Waals surface area contributed by atoms with Gasteiger partial charge in [-0.25, -0.2) is 4.98 Å². The number of pyridine rings is 1. The molecule has 16 heavy (non-hydrogen) atoms. The maximum atomic E-state index is 4.46. The van der Waals surface area contributed by atoms with E-state index in [1.165, 1.54) is 12.0 Å². The Kier molecular flexibility index (Phi) is 5.26. The predicted octanol–water partition coefficient (Wildman–Crippen LogP) is 2.28. The molecule has 0 aliphatic rings. The number of rotatable bonds is 6. The van der Waals surface area contributed by atoms with Gasteiger partial charge in [0.15, 0.2) is 0 Å². The Morgan fingerprint density at radius 2 is 2.12 bits per heavy atom. The molecule has 0 atom stereocenters. The van der Waals surface area contributed by atoms with Crippen LogP contribution < -0.4 is 10.2 Å². The van der Waals surface area contributed by atoms with Crippen molar-refractivity contribution < 1.29 is 0 Å². The predicted molar refractivity (Wildman–Crippen MR) is 69.7 cm³/mol. The van der Waals surface area contributed by atoms with Gasteiger partial charge in [-0.3, -0.25) is 0 Å². The highest BCUT2D eigenvalue weighted by molar-refractivity contribution is 5.38. The minimum absolute atomic E-state index is 0.742. The number of aromatic nitrogens is 1. The van der Waals surface area contributed by atoms with Crippen LogP contribution in [-0.4, -0.2) is 25.6 Å². The van der Waals surface area contributed by atoms with E-state index in [0.29, 0.717) is 0 Å². The maximum Gasteiger partial charge on any atom is 0.128 e. The number of nitrogens with one attached hydrogen (secondary N) is 1. The van der Waals surface area contributed by atoms with E-state index < -0.39 is 0 Å². The first-order chi connectivity index (χ1) is 7.63. The summed E-state index contributed by atoms with van der Waals surface area (Å²) >= 11 is 0. The van der Waals surface area contributed by atoms with E-state index >= 15 is 0 Å². The minimum atomic E-state index is 0.742. The summed E-state index contributed by atoms with van der Waals surface area (Å²) in [6.07, 6.45) is 3.15. The van der Waals surface area contributed by atoms with E-state index in [1.807, 2.05) is 13.2 Å². The van der Waals surface area contributed by atoms with E-state index in [1.54, 1.807) is 0 Å². The van der Waals surface area contributed by atoms with Crippen molar-refractivity contribution in [2.24, 2.45) is 5.92 Å². The third kappa shape index (κ3) is 4.19. The molecule has 0 fully saturated rings. The standard InChI is InChI=1S/C13H23N3/c1-11(2)7-8-16(4)13-6-5-12(9-14-3)10-15-13/h5-6,10-11,14H,7-9H2,1-4H3. The van der Waals surface area contributed by atoms with Crippen molar-refractivity contribution in [3.05, 3.63) is 23.9 Å². The summed E-state index contributed by atoms with van der Waals surface area (Å²) in [4.78, 5) is 6.67. The molecule has 1 N–H and O–H groups in total.